The predicted octanol–water partition coefficient (Wildman–Crippen LogP) is 3.16. The summed E-state index contributed by atoms with van der Waals surface area (Å²) in [7, 11) is 0. The Bertz CT molecular complexity index is 450. The molecule has 1 aromatic rings. The number of hydrogen-bond acceptors (Lipinski definition) is 4. The van der Waals surface area contributed by atoms with Crippen molar-refractivity contribution in [2.45, 2.75) is 12.8 Å². The van der Waals surface area contributed by atoms with Crippen LogP contribution in [0.4, 0.5) is 5.69 Å². The Morgan fingerprint density at radius 1 is 1.32 bits per heavy atom. The highest BCUT2D eigenvalue weighted by Crippen LogP contribution is 2.29. The first kappa shape index (κ1) is 14.4. The normalized spacial score (nSPS) is 16.3. The molecule has 0 spiro atoms. The van der Waals surface area contributed by atoms with E-state index in [1.54, 1.807) is 0 Å². The Morgan fingerprint density at radius 3 is 2.47 bits per heavy atom. The highest BCUT2D eigenvalue weighted by Gasteiger charge is 2.17. The van der Waals surface area contributed by atoms with E-state index in [1.807, 2.05) is 0 Å². The number of anilines is 1. The summed E-state index contributed by atoms with van der Waals surface area (Å²) in [6.07, 6.45) is 1.83. The van der Waals surface area contributed by atoms with Gasteiger partial charge in [-0.25, -0.2) is 4.79 Å². The molecule has 0 radical (unpaired) electrons. The van der Waals surface area contributed by atoms with Crippen molar-refractivity contribution in [3.05, 3.63) is 27.7 Å². The molecule has 6 heteroatoms. The molecule has 0 aromatic heterocycles. The van der Waals surface area contributed by atoms with Gasteiger partial charge in [0.05, 0.1) is 27.9 Å². The number of ether oxygens (including phenoxy) is 2. The molecule has 4 nitrogen and oxygen atoms in total. The lowest BCUT2D eigenvalue weighted by atomic mass is 10.0. The van der Waals surface area contributed by atoms with Gasteiger partial charge in [0.25, 0.3) is 0 Å². The van der Waals surface area contributed by atoms with Gasteiger partial charge in [0, 0.05) is 13.2 Å². The molecule has 104 valence electrons. The summed E-state index contributed by atoms with van der Waals surface area (Å²) in [4.78, 5) is 11.9. The van der Waals surface area contributed by atoms with Crippen molar-refractivity contribution in [1.82, 2.24) is 0 Å². The Balaban J connectivity index is 1.96. The number of carbonyl (C=O) groups excluding carboxylic acids is 1. The van der Waals surface area contributed by atoms with Gasteiger partial charge in [0.1, 0.15) is 0 Å². The summed E-state index contributed by atoms with van der Waals surface area (Å²) in [6.45, 7) is 1.84. The Hall–Kier alpha value is -0.970. The molecule has 0 amide bonds. The number of hydrogen-bond donors (Lipinski definition) is 1. The summed E-state index contributed by atoms with van der Waals surface area (Å²) in [5.74, 6) is -0.0762. The molecule has 0 saturated carbocycles. The lowest BCUT2D eigenvalue weighted by Gasteiger charge is -2.21. The van der Waals surface area contributed by atoms with Crippen LogP contribution in [0.1, 0.15) is 23.2 Å². The average molecular weight is 304 g/mol. The standard InChI is InChI=1S/C13H15Cl2NO3/c14-10-5-9(6-11(15)12(10)16)13(17)19-7-8-1-3-18-4-2-8/h5-6,8H,1-4,7,16H2. The Kier molecular flexibility index (Phi) is 4.91. The Morgan fingerprint density at radius 2 is 1.89 bits per heavy atom. The van der Waals surface area contributed by atoms with Crippen LogP contribution in [0, 0.1) is 5.92 Å². The number of esters is 1. The lowest BCUT2D eigenvalue weighted by molar-refractivity contribution is 0.0185. The molecule has 0 aliphatic carbocycles. The van der Waals surface area contributed by atoms with Crippen molar-refractivity contribution in [2.75, 3.05) is 25.6 Å². The molecule has 1 aromatic carbocycles. The third kappa shape index (κ3) is 3.75. The van der Waals surface area contributed by atoms with Gasteiger partial charge < -0.3 is 15.2 Å². The summed E-state index contributed by atoms with van der Waals surface area (Å²) < 4.78 is 10.5. The van der Waals surface area contributed by atoms with Crippen LogP contribution in [0.5, 0.6) is 0 Å². The van der Waals surface area contributed by atoms with Crippen LogP contribution in [0.15, 0.2) is 12.1 Å². The maximum Gasteiger partial charge on any atom is 0.338 e. The van der Waals surface area contributed by atoms with E-state index < -0.39 is 5.97 Å². The van der Waals surface area contributed by atoms with Gasteiger partial charge >= 0.3 is 5.97 Å². The molecule has 1 heterocycles. The molecule has 2 N–H and O–H groups in total. The van der Waals surface area contributed by atoms with Crippen molar-refractivity contribution < 1.29 is 14.3 Å². The molecule has 0 unspecified atom stereocenters. The van der Waals surface area contributed by atoms with E-state index in [9.17, 15) is 4.79 Å². The minimum atomic E-state index is -0.435. The van der Waals surface area contributed by atoms with Crippen LogP contribution in [-0.2, 0) is 9.47 Å². The quantitative estimate of drug-likeness (QED) is 0.688. The van der Waals surface area contributed by atoms with E-state index in [1.165, 1.54) is 12.1 Å². The van der Waals surface area contributed by atoms with Crippen molar-refractivity contribution in [3.63, 3.8) is 0 Å². The smallest absolute Gasteiger partial charge is 0.338 e. The van der Waals surface area contributed by atoms with Crippen molar-refractivity contribution >= 4 is 34.9 Å². The zero-order valence-electron chi connectivity index (χ0n) is 10.3. The molecular weight excluding hydrogens is 289 g/mol. The summed E-state index contributed by atoms with van der Waals surface area (Å²) >= 11 is 11.8. The van der Waals surface area contributed by atoms with Crippen molar-refractivity contribution in [2.24, 2.45) is 5.92 Å². The van der Waals surface area contributed by atoms with Crippen LogP contribution in [0.25, 0.3) is 0 Å². The third-order valence-corrected chi connectivity index (χ3v) is 3.73. The minimum absolute atomic E-state index is 0.255. The number of nitrogens with two attached hydrogens (primary N) is 1. The van der Waals surface area contributed by atoms with Crippen LogP contribution < -0.4 is 5.73 Å². The first-order valence-electron chi connectivity index (χ1n) is 6.07. The van der Waals surface area contributed by atoms with Crippen molar-refractivity contribution in [3.8, 4) is 0 Å². The number of nitrogen functional groups attached to an aromatic ring is 1. The maximum absolute atomic E-state index is 11.9. The van der Waals surface area contributed by atoms with E-state index in [4.69, 9.17) is 38.4 Å². The van der Waals surface area contributed by atoms with E-state index in [0.29, 0.717) is 18.1 Å². The van der Waals surface area contributed by atoms with Gasteiger partial charge in [-0.15, -0.1) is 0 Å². The molecule has 2 rings (SSSR count). The highest BCUT2D eigenvalue weighted by molar-refractivity contribution is 6.39. The fraction of sp³-hybridized carbons (Fsp3) is 0.462. The second-order valence-electron chi connectivity index (χ2n) is 4.51. The SMILES string of the molecule is Nc1c(Cl)cc(C(=O)OCC2CCOCC2)cc1Cl. The molecule has 0 atom stereocenters. The summed E-state index contributed by atoms with van der Waals surface area (Å²) in [6, 6.07) is 2.93. The molecule has 1 aliphatic heterocycles. The highest BCUT2D eigenvalue weighted by atomic mass is 35.5. The molecular formula is C13H15Cl2NO3. The monoisotopic (exact) mass is 303 g/mol. The second kappa shape index (κ2) is 6.46. The second-order valence-corrected chi connectivity index (χ2v) is 5.32. The molecule has 1 aliphatic rings. The largest absolute Gasteiger partial charge is 0.462 e. The molecule has 1 saturated heterocycles. The van der Waals surface area contributed by atoms with Crippen molar-refractivity contribution in [1.29, 1.82) is 0 Å². The fourth-order valence-corrected chi connectivity index (χ4v) is 2.38. The van der Waals surface area contributed by atoms with Gasteiger partial charge in [-0.05, 0) is 30.9 Å². The van der Waals surface area contributed by atoms with Crippen LogP contribution in [-0.4, -0.2) is 25.8 Å². The van der Waals surface area contributed by atoms with Gasteiger partial charge in [-0.1, -0.05) is 23.2 Å². The van der Waals surface area contributed by atoms with Crippen LogP contribution in [0.3, 0.4) is 0 Å². The first-order chi connectivity index (χ1) is 9.08. The van der Waals surface area contributed by atoms with Crippen LogP contribution >= 0.6 is 23.2 Å². The fourth-order valence-electron chi connectivity index (χ4n) is 1.89. The maximum atomic E-state index is 11.9. The van der Waals surface area contributed by atoms with E-state index >= 15 is 0 Å². The number of halogens is 2. The first-order valence-corrected chi connectivity index (χ1v) is 6.83. The molecule has 0 bridgehead atoms. The lowest BCUT2D eigenvalue weighted by Crippen LogP contribution is -2.22. The number of benzene rings is 1. The summed E-state index contributed by atoms with van der Waals surface area (Å²) in [5, 5.41) is 0.510. The third-order valence-electron chi connectivity index (χ3n) is 3.11. The summed E-state index contributed by atoms with van der Waals surface area (Å²) in [5.41, 5.74) is 6.20. The van der Waals surface area contributed by atoms with E-state index in [2.05, 4.69) is 0 Å². The van der Waals surface area contributed by atoms with Gasteiger partial charge in [-0.3, -0.25) is 0 Å². The zero-order valence-corrected chi connectivity index (χ0v) is 11.8. The van der Waals surface area contributed by atoms with E-state index in [0.717, 1.165) is 26.1 Å². The van der Waals surface area contributed by atoms with Gasteiger partial charge in [0.2, 0.25) is 0 Å². The average Bonchev–Trinajstić information content (AvgIpc) is 2.42. The Labute approximate surface area is 121 Å². The predicted molar refractivity (Wildman–Crippen MR) is 74.7 cm³/mol. The van der Waals surface area contributed by atoms with Crippen LogP contribution in [0.2, 0.25) is 10.0 Å². The minimum Gasteiger partial charge on any atom is -0.462 e. The van der Waals surface area contributed by atoms with Gasteiger partial charge in [-0.2, -0.15) is 0 Å². The van der Waals surface area contributed by atoms with Gasteiger partial charge in [0.15, 0.2) is 0 Å². The molecule has 19 heavy (non-hydrogen) atoms. The topological polar surface area (TPSA) is 61.6 Å². The molecule has 1 fully saturated rings. The number of carbonyl (C=O) groups is 1. The number of rotatable bonds is 3. The zero-order chi connectivity index (χ0) is 13.8. The van der Waals surface area contributed by atoms with E-state index in [-0.39, 0.29) is 15.7 Å².